The Kier molecular flexibility index (Phi) is 6.86. The van der Waals surface area contributed by atoms with Gasteiger partial charge in [-0.05, 0) is 54.4 Å². The maximum Gasteiger partial charge on any atom is 0.417 e. The molecule has 6 nitrogen and oxygen atoms in total. The molecule has 0 unspecified atom stereocenters. The average Bonchev–Trinajstić information content (AvgIpc) is 3.25. The molecule has 0 radical (unpaired) electrons. The number of urea groups is 1. The minimum atomic E-state index is -4.62. The molecule has 3 aromatic rings. The van der Waals surface area contributed by atoms with Crippen molar-refractivity contribution >= 4 is 34.9 Å². The van der Waals surface area contributed by atoms with E-state index in [1.165, 1.54) is 6.07 Å². The molecule has 3 rings (SSSR count). The number of carbonyl (C=O) groups excluding carboxylic acids is 2. The molecule has 2 aromatic carbocycles. The molecule has 0 aliphatic heterocycles. The van der Waals surface area contributed by atoms with Gasteiger partial charge in [0.2, 0.25) is 0 Å². The fourth-order valence-electron chi connectivity index (χ4n) is 2.76. The first-order chi connectivity index (χ1) is 14.7. The Balaban J connectivity index is 1.50. The van der Waals surface area contributed by atoms with Crippen molar-refractivity contribution in [2.24, 2.45) is 0 Å². The van der Waals surface area contributed by atoms with E-state index in [9.17, 15) is 22.8 Å². The molecule has 0 saturated heterocycles. The second kappa shape index (κ2) is 9.57. The summed E-state index contributed by atoms with van der Waals surface area (Å²) < 4.78 is 38.8. The van der Waals surface area contributed by atoms with E-state index in [-0.39, 0.29) is 11.6 Å². The Morgan fingerprint density at radius 1 is 0.968 bits per heavy atom. The van der Waals surface area contributed by atoms with Crippen molar-refractivity contribution in [3.63, 3.8) is 0 Å². The van der Waals surface area contributed by atoms with Crippen LogP contribution in [0.15, 0.2) is 60.8 Å². The first-order valence-electron chi connectivity index (χ1n) is 9.17. The van der Waals surface area contributed by atoms with E-state index in [0.717, 1.165) is 17.7 Å². The van der Waals surface area contributed by atoms with E-state index in [1.54, 1.807) is 42.6 Å². The molecule has 1 heterocycles. The fourth-order valence-corrected chi connectivity index (χ4v) is 2.98. The Hall–Kier alpha value is -3.46. The number of rotatable bonds is 6. The van der Waals surface area contributed by atoms with Crippen molar-refractivity contribution in [2.75, 3.05) is 17.2 Å². The van der Waals surface area contributed by atoms with Crippen LogP contribution in [-0.4, -0.2) is 23.5 Å². The van der Waals surface area contributed by atoms with Crippen LogP contribution in [-0.2, 0) is 12.6 Å². The number of hydrogen-bond acceptors (Lipinski definition) is 2. The summed E-state index contributed by atoms with van der Waals surface area (Å²) in [6.45, 7) is 0.434. The molecule has 0 saturated carbocycles. The van der Waals surface area contributed by atoms with Crippen LogP contribution in [0.3, 0.4) is 0 Å². The van der Waals surface area contributed by atoms with Crippen molar-refractivity contribution in [1.82, 2.24) is 10.3 Å². The van der Waals surface area contributed by atoms with Gasteiger partial charge in [0.1, 0.15) is 5.69 Å². The third-order valence-electron chi connectivity index (χ3n) is 4.28. The van der Waals surface area contributed by atoms with Crippen LogP contribution >= 0.6 is 11.6 Å². The van der Waals surface area contributed by atoms with Gasteiger partial charge >= 0.3 is 12.2 Å². The third-order valence-corrected chi connectivity index (χ3v) is 4.61. The van der Waals surface area contributed by atoms with Crippen LogP contribution in [0.4, 0.5) is 29.3 Å². The summed E-state index contributed by atoms with van der Waals surface area (Å²) in [6.07, 6.45) is -2.37. The fraction of sp³-hybridized carbons (Fsp3) is 0.143. The Bertz CT molecular complexity index is 1050. The number of alkyl halides is 3. The normalized spacial score (nSPS) is 11.1. The molecule has 0 aliphatic rings. The van der Waals surface area contributed by atoms with Gasteiger partial charge in [0.15, 0.2) is 0 Å². The lowest BCUT2D eigenvalue weighted by molar-refractivity contribution is -0.137. The first kappa shape index (κ1) is 22.2. The highest BCUT2D eigenvalue weighted by atomic mass is 35.5. The minimum Gasteiger partial charge on any atom is -0.357 e. The molecule has 10 heteroatoms. The lowest BCUT2D eigenvalue weighted by Crippen LogP contribution is -2.25. The summed E-state index contributed by atoms with van der Waals surface area (Å²) in [6, 6.07) is 12.7. The highest BCUT2D eigenvalue weighted by molar-refractivity contribution is 6.31. The summed E-state index contributed by atoms with van der Waals surface area (Å²) in [5.41, 5.74) is 0.809. The van der Waals surface area contributed by atoms with E-state index >= 15 is 0 Å². The molecule has 1 aromatic heterocycles. The van der Waals surface area contributed by atoms with Crippen LogP contribution in [0, 0.1) is 0 Å². The number of benzene rings is 2. The number of aromatic amines is 1. The number of anilines is 2. The standard InChI is InChI=1S/C21H18ClF3N4O2/c22-17-8-7-15(12-16(17)21(23,24)25)29-20(31)28-14-5-3-13(4-6-14)9-11-27-19(30)18-2-1-10-26-18/h1-8,10,12,26H,9,11H2,(H,27,30)(H2,28,29,31). The number of H-pyrrole nitrogens is 1. The van der Waals surface area contributed by atoms with Gasteiger partial charge in [0.25, 0.3) is 5.91 Å². The number of nitrogens with one attached hydrogen (secondary N) is 4. The Labute approximate surface area is 180 Å². The topological polar surface area (TPSA) is 86.0 Å². The van der Waals surface area contributed by atoms with Crippen molar-refractivity contribution in [1.29, 1.82) is 0 Å². The highest BCUT2D eigenvalue weighted by Crippen LogP contribution is 2.36. The first-order valence-corrected chi connectivity index (χ1v) is 9.55. The quantitative estimate of drug-likeness (QED) is 0.410. The number of hydrogen-bond donors (Lipinski definition) is 4. The SMILES string of the molecule is O=C(Nc1ccc(CCNC(=O)c2ccc[nH]2)cc1)Nc1ccc(Cl)c(C(F)(F)F)c1. The number of amides is 3. The van der Waals surface area contributed by atoms with Crippen LogP contribution in [0.2, 0.25) is 5.02 Å². The van der Waals surface area contributed by atoms with Gasteiger partial charge in [-0.1, -0.05) is 23.7 Å². The summed E-state index contributed by atoms with van der Waals surface area (Å²) in [5, 5.41) is 7.23. The number of halogens is 4. The maximum atomic E-state index is 12.9. The summed E-state index contributed by atoms with van der Waals surface area (Å²) in [5.74, 6) is -0.198. The van der Waals surface area contributed by atoms with E-state index in [4.69, 9.17) is 11.6 Å². The van der Waals surface area contributed by atoms with Gasteiger partial charge in [-0.3, -0.25) is 4.79 Å². The predicted molar refractivity (Wildman–Crippen MR) is 112 cm³/mol. The summed E-state index contributed by atoms with van der Waals surface area (Å²) >= 11 is 5.57. The van der Waals surface area contributed by atoms with Gasteiger partial charge in [0, 0.05) is 24.1 Å². The van der Waals surface area contributed by atoms with Crippen LogP contribution < -0.4 is 16.0 Å². The zero-order valence-electron chi connectivity index (χ0n) is 16.0. The zero-order valence-corrected chi connectivity index (χ0v) is 16.8. The third kappa shape index (κ3) is 6.26. The van der Waals surface area contributed by atoms with Crippen LogP contribution in [0.1, 0.15) is 21.6 Å². The van der Waals surface area contributed by atoms with Crippen LogP contribution in [0.5, 0.6) is 0 Å². The largest absolute Gasteiger partial charge is 0.417 e. The van der Waals surface area contributed by atoms with Crippen molar-refractivity contribution in [2.45, 2.75) is 12.6 Å². The van der Waals surface area contributed by atoms with Gasteiger partial charge in [-0.25, -0.2) is 4.79 Å². The highest BCUT2D eigenvalue weighted by Gasteiger charge is 2.33. The molecule has 0 atom stereocenters. The number of carbonyl (C=O) groups is 2. The van der Waals surface area contributed by atoms with Crippen molar-refractivity contribution in [3.05, 3.63) is 82.6 Å². The average molecular weight is 451 g/mol. The summed E-state index contributed by atoms with van der Waals surface area (Å²) in [4.78, 5) is 26.8. The van der Waals surface area contributed by atoms with Gasteiger partial charge in [-0.2, -0.15) is 13.2 Å². The molecule has 3 amide bonds. The van der Waals surface area contributed by atoms with Gasteiger partial charge < -0.3 is 20.9 Å². The van der Waals surface area contributed by atoms with E-state index in [0.29, 0.717) is 24.3 Å². The second-order valence-corrected chi connectivity index (χ2v) is 6.97. The summed E-state index contributed by atoms with van der Waals surface area (Å²) in [7, 11) is 0. The molecule has 162 valence electrons. The van der Waals surface area contributed by atoms with E-state index in [2.05, 4.69) is 20.9 Å². The molecule has 31 heavy (non-hydrogen) atoms. The van der Waals surface area contributed by atoms with Crippen molar-refractivity contribution in [3.8, 4) is 0 Å². The van der Waals surface area contributed by atoms with Crippen molar-refractivity contribution < 1.29 is 22.8 Å². The maximum absolute atomic E-state index is 12.9. The lowest BCUT2D eigenvalue weighted by Gasteiger charge is -2.12. The molecule has 0 spiro atoms. The Morgan fingerprint density at radius 2 is 1.65 bits per heavy atom. The molecule has 0 aliphatic carbocycles. The van der Waals surface area contributed by atoms with E-state index < -0.39 is 22.8 Å². The molecular formula is C21H18ClF3N4O2. The van der Waals surface area contributed by atoms with Crippen LogP contribution in [0.25, 0.3) is 0 Å². The lowest BCUT2D eigenvalue weighted by atomic mass is 10.1. The second-order valence-electron chi connectivity index (χ2n) is 6.56. The van der Waals surface area contributed by atoms with E-state index in [1.807, 2.05) is 0 Å². The smallest absolute Gasteiger partial charge is 0.357 e. The van der Waals surface area contributed by atoms with Gasteiger partial charge in [-0.15, -0.1) is 0 Å². The number of aromatic nitrogens is 1. The zero-order chi connectivity index (χ0) is 22.4. The Morgan fingerprint density at radius 3 is 2.29 bits per heavy atom. The minimum absolute atomic E-state index is 0.0383. The predicted octanol–water partition coefficient (Wildman–Crippen LogP) is 5.30. The molecular weight excluding hydrogens is 433 g/mol. The molecule has 0 fully saturated rings. The van der Waals surface area contributed by atoms with Gasteiger partial charge in [0.05, 0.1) is 10.6 Å². The monoisotopic (exact) mass is 450 g/mol. The molecule has 0 bridgehead atoms. The molecule has 4 N–H and O–H groups in total.